The maximum absolute atomic E-state index is 4.55. The Morgan fingerprint density at radius 2 is 1.85 bits per heavy atom. The summed E-state index contributed by atoms with van der Waals surface area (Å²) in [5.74, 6) is 1.54. The van der Waals surface area contributed by atoms with E-state index in [0.29, 0.717) is 12.0 Å². The normalized spacial score (nSPS) is 12.7. The van der Waals surface area contributed by atoms with E-state index in [1.54, 1.807) is 0 Å². The van der Waals surface area contributed by atoms with Crippen LogP contribution in [0.2, 0.25) is 0 Å². The molecule has 1 aromatic heterocycles. The van der Waals surface area contributed by atoms with Crippen LogP contribution in [0.3, 0.4) is 0 Å². The molecule has 1 heterocycles. The summed E-state index contributed by atoms with van der Waals surface area (Å²) in [5.41, 5.74) is 2.48. The smallest absolute Gasteiger partial charge is 0.203 e. The van der Waals surface area contributed by atoms with Crippen molar-refractivity contribution in [3.8, 4) is 0 Å². The van der Waals surface area contributed by atoms with Crippen molar-refractivity contribution in [2.75, 3.05) is 5.32 Å². The Balaban J connectivity index is 2.00. The number of nitrogens with one attached hydrogen (secondary N) is 1. The van der Waals surface area contributed by atoms with E-state index in [-0.39, 0.29) is 0 Å². The van der Waals surface area contributed by atoms with Gasteiger partial charge in [-0.15, -0.1) is 0 Å². The Bertz CT molecular complexity index is 528. The van der Waals surface area contributed by atoms with Crippen LogP contribution in [0.25, 0.3) is 0 Å². The molecule has 0 amide bonds. The maximum atomic E-state index is 4.55. The number of rotatable bonds is 6. The highest BCUT2D eigenvalue weighted by Gasteiger charge is 2.09. The van der Waals surface area contributed by atoms with Crippen molar-refractivity contribution in [1.29, 1.82) is 0 Å². The topological polar surface area (TPSA) is 29.9 Å². The van der Waals surface area contributed by atoms with E-state index in [2.05, 4.69) is 72.2 Å². The molecule has 20 heavy (non-hydrogen) atoms. The van der Waals surface area contributed by atoms with Gasteiger partial charge in [0.15, 0.2) is 0 Å². The minimum absolute atomic E-state index is 0.405. The first-order valence-electron chi connectivity index (χ1n) is 7.41. The molecular formula is C17H25N3. The minimum atomic E-state index is 0.405. The zero-order valence-electron chi connectivity index (χ0n) is 12.9. The Morgan fingerprint density at radius 1 is 1.15 bits per heavy atom. The van der Waals surface area contributed by atoms with Crippen LogP contribution in [0.1, 0.15) is 44.4 Å². The predicted molar refractivity (Wildman–Crippen MR) is 85.2 cm³/mol. The van der Waals surface area contributed by atoms with Gasteiger partial charge in [0.25, 0.3) is 0 Å². The molecule has 1 atom stereocenters. The summed E-state index contributed by atoms with van der Waals surface area (Å²) in [6.45, 7) is 9.60. The first-order chi connectivity index (χ1) is 9.56. The Kier molecular flexibility index (Phi) is 4.83. The van der Waals surface area contributed by atoms with Gasteiger partial charge in [0.05, 0.1) is 5.69 Å². The molecule has 0 bridgehead atoms. The Labute approximate surface area is 122 Å². The van der Waals surface area contributed by atoms with Gasteiger partial charge in [-0.25, -0.2) is 4.98 Å². The number of benzene rings is 1. The fourth-order valence-electron chi connectivity index (χ4n) is 2.37. The minimum Gasteiger partial charge on any atom is -0.353 e. The van der Waals surface area contributed by atoms with E-state index in [1.807, 2.05) is 6.92 Å². The number of hydrogen-bond donors (Lipinski definition) is 1. The van der Waals surface area contributed by atoms with Crippen molar-refractivity contribution in [2.45, 2.75) is 52.6 Å². The van der Waals surface area contributed by atoms with Crippen molar-refractivity contribution in [2.24, 2.45) is 0 Å². The molecule has 1 N–H and O–H groups in total. The highest BCUT2D eigenvalue weighted by molar-refractivity contribution is 5.29. The lowest BCUT2D eigenvalue weighted by Crippen LogP contribution is -2.15. The van der Waals surface area contributed by atoms with Crippen LogP contribution in [0.15, 0.2) is 36.5 Å². The van der Waals surface area contributed by atoms with Gasteiger partial charge in [0.2, 0.25) is 5.95 Å². The van der Waals surface area contributed by atoms with Crippen molar-refractivity contribution in [3.05, 3.63) is 47.8 Å². The highest BCUT2D eigenvalue weighted by Crippen LogP contribution is 2.20. The maximum Gasteiger partial charge on any atom is 0.203 e. The highest BCUT2D eigenvalue weighted by atomic mass is 15.2. The molecule has 3 nitrogen and oxygen atoms in total. The van der Waals surface area contributed by atoms with Crippen LogP contribution in [0, 0.1) is 6.92 Å². The van der Waals surface area contributed by atoms with Gasteiger partial charge in [-0.2, -0.15) is 0 Å². The summed E-state index contributed by atoms with van der Waals surface area (Å²) in [7, 11) is 0. The van der Waals surface area contributed by atoms with Crippen LogP contribution in [0.4, 0.5) is 5.95 Å². The number of aromatic nitrogens is 2. The number of anilines is 1. The van der Waals surface area contributed by atoms with Gasteiger partial charge in [0.1, 0.15) is 0 Å². The molecule has 3 heteroatoms. The molecule has 1 unspecified atom stereocenters. The van der Waals surface area contributed by atoms with E-state index in [9.17, 15) is 0 Å². The van der Waals surface area contributed by atoms with Crippen molar-refractivity contribution < 1.29 is 0 Å². The van der Waals surface area contributed by atoms with Gasteiger partial charge in [0, 0.05) is 18.8 Å². The third-order valence-corrected chi connectivity index (χ3v) is 3.49. The number of aryl methyl sites for hydroxylation is 2. The number of nitrogens with zero attached hydrogens (tertiary/aromatic N) is 2. The fourth-order valence-corrected chi connectivity index (χ4v) is 2.37. The molecule has 2 aromatic rings. The largest absolute Gasteiger partial charge is 0.353 e. The van der Waals surface area contributed by atoms with Gasteiger partial charge in [-0.1, -0.05) is 37.3 Å². The van der Waals surface area contributed by atoms with Crippen LogP contribution < -0.4 is 5.32 Å². The van der Waals surface area contributed by atoms with Gasteiger partial charge >= 0.3 is 0 Å². The van der Waals surface area contributed by atoms with Gasteiger partial charge in [-0.05, 0) is 38.7 Å². The second kappa shape index (κ2) is 6.60. The lowest BCUT2D eigenvalue weighted by atomic mass is 9.98. The SMILES string of the molecule is Cc1cn(CCC(C)c2ccccc2)c(NC(C)C)n1. The molecule has 0 aliphatic carbocycles. The van der Waals surface area contributed by atoms with Gasteiger partial charge in [-0.3, -0.25) is 0 Å². The van der Waals surface area contributed by atoms with Crippen molar-refractivity contribution in [1.82, 2.24) is 9.55 Å². The number of imidazole rings is 1. The molecule has 0 radical (unpaired) electrons. The molecule has 0 saturated heterocycles. The monoisotopic (exact) mass is 271 g/mol. The third-order valence-electron chi connectivity index (χ3n) is 3.49. The van der Waals surface area contributed by atoms with E-state index in [0.717, 1.165) is 24.6 Å². The van der Waals surface area contributed by atoms with E-state index in [1.165, 1.54) is 5.56 Å². The van der Waals surface area contributed by atoms with Gasteiger partial charge < -0.3 is 9.88 Å². The van der Waals surface area contributed by atoms with Crippen molar-refractivity contribution >= 4 is 5.95 Å². The zero-order valence-corrected chi connectivity index (χ0v) is 12.9. The Morgan fingerprint density at radius 3 is 2.50 bits per heavy atom. The predicted octanol–water partition coefficient (Wildman–Crippen LogP) is 4.21. The molecule has 0 saturated carbocycles. The summed E-state index contributed by atoms with van der Waals surface area (Å²) >= 11 is 0. The van der Waals surface area contributed by atoms with Crippen LogP contribution in [0.5, 0.6) is 0 Å². The summed E-state index contributed by atoms with van der Waals surface area (Å²) in [6.07, 6.45) is 3.25. The summed E-state index contributed by atoms with van der Waals surface area (Å²) in [4.78, 5) is 4.55. The summed E-state index contributed by atoms with van der Waals surface area (Å²) < 4.78 is 2.23. The Hall–Kier alpha value is -1.77. The molecule has 0 aliphatic heterocycles. The average Bonchev–Trinajstić information content (AvgIpc) is 2.76. The quantitative estimate of drug-likeness (QED) is 0.853. The van der Waals surface area contributed by atoms with Crippen LogP contribution in [-0.2, 0) is 6.54 Å². The molecule has 0 fully saturated rings. The molecular weight excluding hydrogens is 246 g/mol. The summed E-state index contributed by atoms with van der Waals surface area (Å²) in [5, 5.41) is 3.41. The molecule has 0 spiro atoms. The average molecular weight is 271 g/mol. The molecule has 0 aliphatic rings. The first kappa shape index (κ1) is 14.6. The molecule has 1 aromatic carbocycles. The standard InChI is InChI=1S/C17H25N3/c1-13(2)18-17-19-15(4)12-20(17)11-10-14(3)16-8-6-5-7-9-16/h5-9,12-14H,10-11H2,1-4H3,(H,18,19). The third kappa shape index (κ3) is 3.86. The zero-order chi connectivity index (χ0) is 14.5. The van der Waals surface area contributed by atoms with E-state index >= 15 is 0 Å². The van der Waals surface area contributed by atoms with Crippen LogP contribution in [-0.4, -0.2) is 15.6 Å². The second-order valence-corrected chi connectivity index (χ2v) is 5.80. The van der Waals surface area contributed by atoms with Crippen LogP contribution >= 0.6 is 0 Å². The lowest BCUT2D eigenvalue weighted by Gasteiger charge is -2.15. The van der Waals surface area contributed by atoms with E-state index < -0.39 is 0 Å². The lowest BCUT2D eigenvalue weighted by molar-refractivity contribution is 0.577. The fraction of sp³-hybridized carbons (Fsp3) is 0.471. The van der Waals surface area contributed by atoms with Crippen molar-refractivity contribution in [3.63, 3.8) is 0 Å². The second-order valence-electron chi connectivity index (χ2n) is 5.80. The molecule has 108 valence electrons. The first-order valence-corrected chi connectivity index (χ1v) is 7.41. The van der Waals surface area contributed by atoms with E-state index in [4.69, 9.17) is 0 Å². The number of hydrogen-bond acceptors (Lipinski definition) is 2. The summed E-state index contributed by atoms with van der Waals surface area (Å²) in [6, 6.07) is 11.1. The molecule has 2 rings (SSSR count).